The molecule has 9 nitrogen and oxygen atoms in total. The number of carbonyl (C=O) groups is 1. The summed E-state index contributed by atoms with van der Waals surface area (Å²) < 4.78 is 3.92. The quantitative estimate of drug-likeness (QED) is 0.389. The number of nitrogen functional groups attached to an aromatic ring is 1. The highest BCUT2D eigenvalue weighted by atomic mass is 16.4. The fourth-order valence-electron chi connectivity index (χ4n) is 5.31. The number of rotatable bonds is 4. The van der Waals surface area contributed by atoms with Gasteiger partial charge in [-0.25, -0.2) is 14.3 Å². The van der Waals surface area contributed by atoms with Crippen molar-refractivity contribution >= 4 is 28.3 Å². The van der Waals surface area contributed by atoms with E-state index in [1.165, 1.54) is 16.8 Å². The fraction of sp³-hybridized carbons (Fsp3) is 0.259. The molecule has 4 heterocycles. The molecular weight excluding hydrogens is 454 g/mol. The lowest BCUT2D eigenvalue weighted by Crippen LogP contribution is -2.37. The third-order valence-electron chi connectivity index (χ3n) is 7.28. The molecule has 0 saturated carbocycles. The van der Waals surface area contributed by atoms with Crippen molar-refractivity contribution in [3.63, 3.8) is 0 Å². The van der Waals surface area contributed by atoms with Crippen LogP contribution in [0.5, 0.6) is 0 Å². The summed E-state index contributed by atoms with van der Waals surface area (Å²) in [6.45, 7) is 3.82. The van der Waals surface area contributed by atoms with Crippen molar-refractivity contribution in [3.05, 3.63) is 77.9 Å². The molecule has 0 radical (unpaired) electrons. The highest BCUT2D eigenvalue weighted by molar-refractivity contribution is 5.93. The Morgan fingerprint density at radius 1 is 1.11 bits per heavy atom. The maximum atomic E-state index is 11.4. The molecule has 0 spiro atoms. The minimum absolute atomic E-state index is 0.187. The van der Waals surface area contributed by atoms with Gasteiger partial charge in [0.2, 0.25) is 0 Å². The van der Waals surface area contributed by atoms with Crippen molar-refractivity contribution in [2.45, 2.75) is 32.2 Å². The number of aromatic nitrogens is 5. The van der Waals surface area contributed by atoms with Crippen molar-refractivity contribution in [1.29, 1.82) is 0 Å². The van der Waals surface area contributed by atoms with Crippen molar-refractivity contribution < 1.29 is 9.90 Å². The van der Waals surface area contributed by atoms with E-state index in [9.17, 15) is 9.90 Å². The van der Waals surface area contributed by atoms with Gasteiger partial charge in [-0.3, -0.25) is 4.68 Å². The van der Waals surface area contributed by atoms with Gasteiger partial charge in [0, 0.05) is 41.3 Å². The number of piperidine rings is 1. The van der Waals surface area contributed by atoms with Gasteiger partial charge in [0.05, 0.1) is 12.1 Å². The molecular formula is C27H27N7O2. The van der Waals surface area contributed by atoms with Gasteiger partial charge in [-0.2, -0.15) is 10.2 Å². The molecule has 3 N–H and O–H groups in total. The Hall–Kier alpha value is -4.40. The molecule has 9 heteroatoms. The van der Waals surface area contributed by atoms with Gasteiger partial charge < -0.3 is 15.7 Å². The lowest BCUT2D eigenvalue weighted by Gasteiger charge is -2.29. The van der Waals surface area contributed by atoms with Gasteiger partial charge in [0.15, 0.2) is 5.82 Å². The number of likely N-dealkylation sites (tertiary alicyclic amines) is 1. The van der Waals surface area contributed by atoms with Gasteiger partial charge >= 0.3 is 6.09 Å². The van der Waals surface area contributed by atoms with Gasteiger partial charge in [0.25, 0.3) is 0 Å². The number of nitrogens with zero attached hydrogens (tertiary/aromatic N) is 6. The van der Waals surface area contributed by atoms with E-state index in [1.54, 1.807) is 0 Å². The largest absolute Gasteiger partial charge is 0.465 e. The van der Waals surface area contributed by atoms with Crippen LogP contribution in [-0.4, -0.2) is 53.6 Å². The highest BCUT2D eigenvalue weighted by Crippen LogP contribution is 2.37. The predicted octanol–water partition coefficient (Wildman–Crippen LogP) is 4.54. The smallest absolute Gasteiger partial charge is 0.407 e. The number of hydrogen-bond acceptors (Lipinski definition) is 5. The zero-order chi connectivity index (χ0) is 24.8. The number of fused-ring (bicyclic) bond motifs is 2. The molecule has 182 valence electrons. The molecule has 6 rings (SSSR count). The van der Waals surface area contributed by atoms with Crippen LogP contribution in [-0.2, 0) is 6.54 Å². The molecule has 1 fully saturated rings. The molecule has 1 saturated heterocycles. The number of carboxylic acid groups (broad SMARTS) is 1. The van der Waals surface area contributed by atoms with Crippen molar-refractivity contribution in [2.75, 3.05) is 18.8 Å². The minimum atomic E-state index is -0.865. The molecule has 0 atom stereocenters. The molecule has 1 amide bonds. The third kappa shape index (κ3) is 3.73. The molecule has 36 heavy (non-hydrogen) atoms. The monoisotopic (exact) mass is 481 g/mol. The van der Waals surface area contributed by atoms with Crippen LogP contribution in [0.4, 0.5) is 10.6 Å². The Bertz CT molecular complexity index is 1580. The molecule has 1 aliphatic rings. The fourth-order valence-corrected chi connectivity index (χ4v) is 5.31. The first-order valence-electron chi connectivity index (χ1n) is 12.1. The molecule has 0 bridgehead atoms. The number of hydrogen-bond donors (Lipinski definition) is 2. The second-order valence-corrected chi connectivity index (χ2v) is 9.39. The van der Waals surface area contributed by atoms with Gasteiger partial charge in [0.1, 0.15) is 11.8 Å². The van der Waals surface area contributed by atoms with Crippen LogP contribution >= 0.6 is 0 Å². The molecule has 3 aromatic heterocycles. The van der Waals surface area contributed by atoms with E-state index in [0.717, 1.165) is 51.8 Å². The topological polar surface area (TPSA) is 115 Å². The van der Waals surface area contributed by atoms with Gasteiger partial charge in [-0.1, -0.05) is 42.5 Å². The average molecular weight is 482 g/mol. The summed E-state index contributed by atoms with van der Waals surface area (Å²) in [5, 5.41) is 19.9. The second-order valence-electron chi connectivity index (χ2n) is 9.39. The van der Waals surface area contributed by atoms with Crippen molar-refractivity contribution in [2.24, 2.45) is 0 Å². The van der Waals surface area contributed by atoms with E-state index in [1.807, 2.05) is 27.4 Å². The summed E-state index contributed by atoms with van der Waals surface area (Å²) in [5.41, 5.74) is 13.4. The summed E-state index contributed by atoms with van der Waals surface area (Å²) >= 11 is 0. The van der Waals surface area contributed by atoms with Crippen molar-refractivity contribution in [1.82, 2.24) is 29.3 Å². The zero-order valence-corrected chi connectivity index (χ0v) is 20.0. The van der Waals surface area contributed by atoms with E-state index in [-0.39, 0.29) is 5.92 Å². The number of amides is 1. The predicted molar refractivity (Wildman–Crippen MR) is 138 cm³/mol. The Kier molecular flexibility index (Phi) is 5.32. The molecule has 5 aromatic rings. The van der Waals surface area contributed by atoms with Crippen LogP contribution in [0.15, 0.2) is 60.9 Å². The minimum Gasteiger partial charge on any atom is -0.465 e. The Morgan fingerprint density at radius 2 is 1.89 bits per heavy atom. The zero-order valence-electron chi connectivity index (χ0n) is 20.0. The Morgan fingerprint density at radius 3 is 2.64 bits per heavy atom. The average Bonchev–Trinajstić information content (AvgIpc) is 3.43. The normalized spacial score (nSPS) is 14.6. The third-order valence-corrected chi connectivity index (χ3v) is 7.28. The first kappa shape index (κ1) is 22.1. The number of aryl methyl sites for hydroxylation is 1. The maximum absolute atomic E-state index is 11.4. The second kappa shape index (κ2) is 8.67. The number of anilines is 1. The van der Waals surface area contributed by atoms with Crippen LogP contribution in [0.3, 0.4) is 0 Å². The molecule has 0 aliphatic carbocycles. The SMILES string of the molecule is Cc1c2ccc(-c3cc(C4CCN(C(=O)O)CC4)n4ncnc(N)c34)cc2nn1Cc1ccccc1. The van der Waals surface area contributed by atoms with E-state index in [4.69, 9.17) is 10.8 Å². The molecule has 0 unspecified atom stereocenters. The lowest BCUT2D eigenvalue weighted by molar-refractivity contribution is 0.131. The van der Waals surface area contributed by atoms with Crippen LogP contribution in [0.2, 0.25) is 0 Å². The van der Waals surface area contributed by atoms with Crippen molar-refractivity contribution in [3.8, 4) is 11.1 Å². The summed E-state index contributed by atoms with van der Waals surface area (Å²) in [4.78, 5) is 17.1. The maximum Gasteiger partial charge on any atom is 0.407 e. The van der Waals surface area contributed by atoms with Crippen LogP contribution in [0.25, 0.3) is 27.5 Å². The van der Waals surface area contributed by atoms with E-state index in [2.05, 4.69) is 53.4 Å². The van der Waals surface area contributed by atoms with E-state index < -0.39 is 6.09 Å². The van der Waals surface area contributed by atoms with E-state index in [0.29, 0.717) is 25.5 Å². The van der Waals surface area contributed by atoms with Gasteiger partial charge in [-0.15, -0.1) is 0 Å². The summed E-state index contributed by atoms with van der Waals surface area (Å²) in [7, 11) is 0. The summed E-state index contributed by atoms with van der Waals surface area (Å²) in [5.74, 6) is 0.604. The Labute approximate surface area is 207 Å². The standard InChI is InChI=1S/C27H27N7O2/c1-17-21-8-7-20(13-23(21)31-33(17)15-18-5-3-2-4-6-18)22-14-24(34-25(22)26(28)29-16-30-34)19-9-11-32(12-10-19)27(35)36/h2-8,13-14,16,19H,9-12,15H2,1H3,(H,35,36)(H2,28,29,30). The van der Waals surface area contributed by atoms with Gasteiger partial charge in [-0.05, 0) is 43.0 Å². The van der Waals surface area contributed by atoms with Crippen LogP contribution < -0.4 is 5.73 Å². The summed E-state index contributed by atoms with van der Waals surface area (Å²) in [6, 6.07) is 18.8. The molecule has 1 aliphatic heterocycles. The summed E-state index contributed by atoms with van der Waals surface area (Å²) in [6.07, 6.45) is 2.09. The number of nitrogens with two attached hydrogens (primary N) is 1. The van der Waals surface area contributed by atoms with Crippen LogP contribution in [0.1, 0.15) is 35.7 Å². The molecule has 2 aromatic carbocycles. The number of benzene rings is 2. The first-order chi connectivity index (χ1) is 17.5. The van der Waals surface area contributed by atoms with Crippen LogP contribution in [0, 0.1) is 6.92 Å². The highest BCUT2D eigenvalue weighted by Gasteiger charge is 2.27. The van der Waals surface area contributed by atoms with E-state index >= 15 is 0 Å². The first-order valence-corrected chi connectivity index (χ1v) is 12.1. The Balaban J connectivity index is 1.40. The lowest BCUT2D eigenvalue weighted by atomic mass is 9.93.